The second-order valence-electron chi connectivity index (χ2n) is 10.4. The molecule has 38 heavy (non-hydrogen) atoms. The van der Waals surface area contributed by atoms with E-state index in [2.05, 4.69) is 38.1 Å². The second-order valence-corrected chi connectivity index (χ2v) is 10.4. The van der Waals surface area contributed by atoms with E-state index in [-0.39, 0.29) is 5.41 Å². The molecule has 0 atom stereocenters. The van der Waals surface area contributed by atoms with Crippen LogP contribution in [0.25, 0.3) is 0 Å². The molecule has 1 saturated carbocycles. The van der Waals surface area contributed by atoms with Crippen LogP contribution in [0.15, 0.2) is 48.5 Å². The molecule has 0 N–H and O–H groups in total. The van der Waals surface area contributed by atoms with Crippen molar-refractivity contribution in [2.24, 2.45) is 11.8 Å². The van der Waals surface area contributed by atoms with Gasteiger partial charge in [-0.3, -0.25) is 0 Å². The highest BCUT2D eigenvalue weighted by Gasteiger charge is 2.34. The molecule has 3 rings (SSSR count). The van der Waals surface area contributed by atoms with Gasteiger partial charge >= 0.3 is 13.0 Å². The lowest BCUT2D eigenvalue weighted by molar-refractivity contribution is -0.242. The Balaban J connectivity index is 1.50. The van der Waals surface area contributed by atoms with Crippen LogP contribution in [-0.2, 0) is 30.8 Å². The molecule has 1 fully saturated rings. The Morgan fingerprint density at radius 1 is 0.632 bits per heavy atom. The highest BCUT2D eigenvalue weighted by molar-refractivity contribution is 5.32. The topological polar surface area (TPSA) is 55.4 Å². The zero-order valence-electron chi connectivity index (χ0n) is 24.2. The van der Waals surface area contributed by atoms with Crippen LogP contribution in [0.2, 0.25) is 0 Å². The summed E-state index contributed by atoms with van der Waals surface area (Å²) in [6.45, 7) is 13.4. The lowest BCUT2D eigenvalue weighted by Crippen LogP contribution is -2.32. The van der Waals surface area contributed by atoms with Crippen LogP contribution in [0.4, 0.5) is 0 Å². The van der Waals surface area contributed by atoms with E-state index in [0.717, 1.165) is 23.8 Å². The standard InChI is InChI=1S/C32H48O6/c1-7-33-30(34-8-2)37-28-19-13-25(14-20-28)23-24-11-15-26(16-12-24)32(5,6)27-17-21-29(22-18-27)38-31(35-9-3)36-10-4/h13-14,17-22,24,26,30-31H,7-12,15-16,23H2,1-6H3. The van der Waals surface area contributed by atoms with Crippen LogP contribution in [0, 0.1) is 11.8 Å². The Kier molecular flexibility index (Phi) is 12.4. The van der Waals surface area contributed by atoms with Crippen LogP contribution < -0.4 is 9.47 Å². The van der Waals surface area contributed by atoms with Gasteiger partial charge < -0.3 is 28.4 Å². The number of hydrogen-bond donors (Lipinski definition) is 0. The molecule has 2 aromatic carbocycles. The highest BCUT2D eigenvalue weighted by atomic mass is 16.8. The maximum Gasteiger partial charge on any atom is 0.315 e. The zero-order valence-corrected chi connectivity index (χ0v) is 24.2. The molecule has 0 bridgehead atoms. The summed E-state index contributed by atoms with van der Waals surface area (Å²) in [5.41, 5.74) is 2.82. The Hall–Kier alpha value is -2.12. The molecular formula is C32H48O6. The van der Waals surface area contributed by atoms with Crippen molar-refractivity contribution in [2.45, 2.75) is 92.0 Å². The predicted molar refractivity (Wildman–Crippen MR) is 150 cm³/mol. The summed E-state index contributed by atoms with van der Waals surface area (Å²) in [6, 6.07) is 16.8. The first-order valence-corrected chi connectivity index (χ1v) is 14.4. The largest absolute Gasteiger partial charge is 0.441 e. The molecule has 0 amide bonds. The summed E-state index contributed by atoms with van der Waals surface area (Å²) >= 11 is 0. The molecule has 0 aromatic heterocycles. The number of rotatable bonds is 16. The van der Waals surface area contributed by atoms with Crippen molar-refractivity contribution < 1.29 is 28.4 Å². The summed E-state index contributed by atoms with van der Waals surface area (Å²) in [5, 5.41) is 0. The summed E-state index contributed by atoms with van der Waals surface area (Å²) in [4.78, 5) is 0. The first-order valence-electron chi connectivity index (χ1n) is 14.4. The lowest BCUT2D eigenvalue weighted by Gasteiger charge is -2.40. The third-order valence-electron chi connectivity index (χ3n) is 7.59. The summed E-state index contributed by atoms with van der Waals surface area (Å²) in [7, 11) is 0. The molecule has 0 heterocycles. The van der Waals surface area contributed by atoms with Gasteiger partial charge in [0.2, 0.25) is 0 Å². The predicted octanol–water partition coefficient (Wildman–Crippen LogP) is 7.48. The fourth-order valence-corrected chi connectivity index (χ4v) is 5.32. The SMILES string of the molecule is CCOC(OCC)Oc1ccc(CC2CCC(C(C)(C)c3ccc(OC(OCC)OCC)cc3)CC2)cc1. The van der Waals surface area contributed by atoms with Crippen LogP contribution >= 0.6 is 0 Å². The van der Waals surface area contributed by atoms with E-state index < -0.39 is 13.0 Å². The molecule has 1 aliphatic rings. The van der Waals surface area contributed by atoms with Gasteiger partial charge in [0.05, 0.1) is 26.4 Å². The van der Waals surface area contributed by atoms with Gasteiger partial charge in [-0.2, -0.15) is 0 Å². The van der Waals surface area contributed by atoms with E-state index in [9.17, 15) is 0 Å². The molecule has 1 aliphatic carbocycles. The smallest absolute Gasteiger partial charge is 0.315 e. The zero-order chi connectivity index (χ0) is 27.4. The molecule has 0 aliphatic heterocycles. The fraction of sp³-hybridized carbons (Fsp3) is 0.625. The minimum absolute atomic E-state index is 0.111. The summed E-state index contributed by atoms with van der Waals surface area (Å²) in [6.07, 6.45) is 6.13. The number of benzene rings is 2. The minimum atomic E-state index is -0.662. The van der Waals surface area contributed by atoms with Crippen molar-refractivity contribution in [2.75, 3.05) is 26.4 Å². The second kappa shape index (κ2) is 15.5. The Morgan fingerprint density at radius 2 is 1.05 bits per heavy atom. The maximum atomic E-state index is 5.86. The van der Waals surface area contributed by atoms with Crippen LogP contribution in [0.1, 0.15) is 78.4 Å². The third kappa shape index (κ3) is 8.98. The van der Waals surface area contributed by atoms with E-state index in [1.807, 2.05) is 52.0 Å². The van der Waals surface area contributed by atoms with Crippen LogP contribution in [0.5, 0.6) is 11.5 Å². The molecule has 0 unspecified atom stereocenters. The van der Waals surface area contributed by atoms with Crippen molar-refractivity contribution >= 4 is 0 Å². The molecule has 2 aromatic rings. The van der Waals surface area contributed by atoms with Crippen molar-refractivity contribution in [3.63, 3.8) is 0 Å². The van der Waals surface area contributed by atoms with Crippen LogP contribution in [0.3, 0.4) is 0 Å². The fourth-order valence-electron chi connectivity index (χ4n) is 5.32. The van der Waals surface area contributed by atoms with Gasteiger partial charge in [-0.1, -0.05) is 38.1 Å². The molecule has 0 spiro atoms. The molecule has 212 valence electrons. The molecule has 0 radical (unpaired) electrons. The van der Waals surface area contributed by atoms with Gasteiger partial charge in [0, 0.05) is 0 Å². The average molecular weight is 529 g/mol. The van der Waals surface area contributed by atoms with E-state index >= 15 is 0 Å². The highest BCUT2D eigenvalue weighted by Crippen LogP contribution is 2.43. The Bertz CT molecular complexity index is 891. The van der Waals surface area contributed by atoms with E-state index in [1.54, 1.807) is 0 Å². The van der Waals surface area contributed by atoms with Gasteiger partial charge in [-0.15, -0.1) is 0 Å². The first kappa shape index (κ1) is 30.4. The maximum absolute atomic E-state index is 5.86. The normalized spacial score (nSPS) is 18.2. The van der Waals surface area contributed by atoms with Crippen molar-refractivity contribution in [3.8, 4) is 11.5 Å². The van der Waals surface area contributed by atoms with Gasteiger partial charge in [0.15, 0.2) is 0 Å². The summed E-state index contributed by atoms with van der Waals surface area (Å²) in [5.74, 6) is 2.92. The number of hydrogen-bond acceptors (Lipinski definition) is 6. The average Bonchev–Trinajstić information content (AvgIpc) is 2.91. The monoisotopic (exact) mass is 528 g/mol. The first-order chi connectivity index (χ1) is 18.4. The summed E-state index contributed by atoms with van der Waals surface area (Å²) < 4.78 is 33.7. The van der Waals surface area contributed by atoms with Crippen LogP contribution in [-0.4, -0.2) is 39.4 Å². The quantitative estimate of drug-likeness (QED) is 0.211. The molecular weight excluding hydrogens is 480 g/mol. The van der Waals surface area contributed by atoms with E-state index in [1.165, 1.54) is 36.8 Å². The van der Waals surface area contributed by atoms with Crippen molar-refractivity contribution in [1.29, 1.82) is 0 Å². The minimum Gasteiger partial charge on any atom is -0.441 e. The van der Waals surface area contributed by atoms with Crippen molar-refractivity contribution in [1.82, 2.24) is 0 Å². The van der Waals surface area contributed by atoms with Gasteiger partial charge in [-0.05, 0) is 112 Å². The van der Waals surface area contributed by atoms with Gasteiger partial charge in [-0.25, -0.2) is 0 Å². The lowest BCUT2D eigenvalue weighted by atomic mass is 9.65. The van der Waals surface area contributed by atoms with E-state index in [4.69, 9.17) is 28.4 Å². The van der Waals surface area contributed by atoms with Gasteiger partial charge in [0.25, 0.3) is 0 Å². The van der Waals surface area contributed by atoms with Gasteiger partial charge in [0.1, 0.15) is 11.5 Å². The molecule has 0 saturated heterocycles. The molecule has 6 heteroatoms. The Labute approximate surface area is 229 Å². The van der Waals surface area contributed by atoms with E-state index in [0.29, 0.717) is 32.3 Å². The Morgan fingerprint density at radius 3 is 1.47 bits per heavy atom. The number of ether oxygens (including phenoxy) is 6. The molecule has 6 nitrogen and oxygen atoms in total. The van der Waals surface area contributed by atoms with Crippen molar-refractivity contribution in [3.05, 3.63) is 59.7 Å². The third-order valence-corrected chi connectivity index (χ3v) is 7.59.